The molecule has 0 aliphatic rings. The van der Waals surface area contributed by atoms with Crippen molar-refractivity contribution in [3.8, 4) is 11.4 Å². The number of nitrogens with zero attached hydrogens (tertiary/aromatic N) is 2. The van der Waals surface area contributed by atoms with Gasteiger partial charge in [-0.1, -0.05) is 41.9 Å². The van der Waals surface area contributed by atoms with E-state index in [0.29, 0.717) is 23.3 Å². The third kappa shape index (κ3) is 4.02. The van der Waals surface area contributed by atoms with Crippen molar-refractivity contribution in [1.82, 2.24) is 9.97 Å². The summed E-state index contributed by atoms with van der Waals surface area (Å²) in [6.07, 6.45) is 1.69. The summed E-state index contributed by atoms with van der Waals surface area (Å²) < 4.78 is 11.3. The molecule has 0 radical (unpaired) electrons. The molecule has 0 spiro atoms. The monoisotopic (exact) mass is 309 g/mol. The van der Waals surface area contributed by atoms with E-state index >= 15 is 0 Å². The van der Waals surface area contributed by atoms with Gasteiger partial charge in [0.1, 0.15) is 11.0 Å². The summed E-state index contributed by atoms with van der Waals surface area (Å²) in [7, 11) is -0.870. The van der Waals surface area contributed by atoms with Crippen molar-refractivity contribution < 1.29 is 4.21 Å². The number of anilines is 1. The molecular formula is C14H16ClN3OS. The molecule has 1 heterocycles. The molecule has 106 valence electrons. The van der Waals surface area contributed by atoms with Crippen LogP contribution in [0.15, 0.2) is 36.4 Å². The lowest BCUT2D eigenvalue weighted by molar-refractivity contribution is 0.679. The normalized spacial score (nSPS) is 13.8. The lowest BCUT2D eigenvalue weighted by atomic mass is 10.2. The Morgan fingerprint density at radius 1 is 1.30 bits per heavy atom. The van der Waals surface area contributed by atoms with Crippen LogP contribution in [-0.2, 0) is 10.8 Å². The van der Waals surface area contributed by atoms with Crippen LogP contribution in [0, 0.1) is 0 Å². The van der Waals surface area contributed by atoms with Crippen molar-refractivity contribution in [1.29, 1.82) is 0 Å². The van der Waals surface area contributed by atoms with Crippen molar-refractivity contribution in [2.75, 3.05) is 18.1 Å². The van der Waals surface area contributed by atoms with E-state index in [-0.39, 0.29) is 5.25 Å². The van der Waals surface area contributed by atoms with Crippen LogP contribution in [-0.4, -0.2) is 32.2 Å². The van der Waals surface area contributed by atoms with E-state index in [1.54, 1.807) is 12.3 Å². The van der Waals surface area contributed by atoms with E-state index in [1.165, 1.54) is 0 Å². The molecule has 4 nitrogen and oxygen atoms in total. The maximum atomic E-state index is 11.3. The summed E-state index contributed by atoms with van der Waals surface area (Å²) in [4.78, 5) is 8.65. The van der Waals surface area contributed by atoms with E-state index in [4.69, 9.17) is 11.6 Å². The van der Waals surface area contributed by atoms with E-state index in [9.17, 15) is 4.21 Å². The smallest absolute Gasteiger partial charge is 0.163 e. The number of hydrogen-bond donors (Lipinski definition) is 1. The van der Waals surface area contributed by atoms with Gasteiger partial charge in [-0.25, -0.2) is 9.97 Å². The van der Waals surface area contributed by atoms with E-state index in [1.807, 2.05) is 37.3 Å². The number of halogens is 1. The first-order valence-corrected chi connectivity index (χ1v) is 8.22. The number of nitrogens with one attached hydrogen (secondary N) is 1. The zero-order valence-corrected chi connectivity index (χ0v) is 12.9. The number of benzene rings is 1. The maximum Gasteiger partial charge on any atom is 0.163 e. The highest BCUT2D eigenvalue weighted by atomic mass is 35.5. The average molecular weight is 310 g/mol. The number of aromatic nitrogens is 2. The van der Waals surface area contributed by atoms with Crippen LogP contribution in [0.2, 0.25) is 5.15 Å². The molecule has 1 aromatic carbocycles. The largest absolute Gasteiger partial charge is 0.369 e. The fraction of sp³-hybridized carbons (Fsp3) is 0.286. The standard InChI is InChI=1S/C14H16ClN3OS/c1-10(20(2)19)9-16-13-8-12(15)17-14(18-13)11-6-4-3-5-7-11/h3-8,10H,9H2,1-2H3,(H,16,17,18). The Morgan fingerprint density at radius 3 is 2.65 bits per heavy atom. The third-order valence-electron chi connectivity index (χ3n) is 2.86. The Kier molecular flexibility index (Phi) is 5.09. The van der Waals surface area contributed by atoms with Gasteiger partial charge in [0, 0.05) is 40.5 Å². The lowest BCUT2D eigenvalue weighted by Gasteiger charge is -2.11. The van der Waals surface area contributed by atoms with Crippen LogP contribution < -0.4 is 5.32 Å². The Bertz CT molecular complexity index is 607. The molecule has 1 aromatic heterocycles. The minimum Gasteiger partial charge on any atom is -0.369 e. The van der Waals surface area contributed by atoms with Gasteiger partial charge in [0.25, 0.3) is 0 Å². The molecule has 0 aliphatic carbocycles. The predicted octanol–water partition coefficient (Wildman–Crippen LogP) is 2.98. The number of rotatable bonds is 5. The van der Waals surface area contributed by atoms with Crippen LogP contribution in [0.4, 0.5) is 5.82 Å². The fourth-order valence-corrected chi connectivity index (χ4v) is 2.09. The summed E-state index contributed by atoms with van der Waals surface area (Å²) in [6.45, 7) is 2.49. The van der Waals surface area contributed by atoms with Crippen molar-refractivity contribution >= 4 is 28.2 Å². The van der Waals surface area contributed by atoms with E-state index in [0.717, 1.165) is 5.56 Å². The summed E-state index contributed by atoms with van der Waals surface area (Å²) in [5.41, 5.74) is 0.908. The fourth-order valence-electron chi connectivity index (χ4n) is 1.59. The average Bonchev–Trinajstić information content (AvgIpc) is 2.45. The molecule has 0 saturated heterocycles. The van der Waals surface area contributed by atoms with Gasteiger partial charge in [-0.3, -0.25) is 4.21 Å². The van der Waals surface area contributed by atoms with Crippen molar-refractivity contribution in [2.45, 2.75) is 12.2 Å². The predicted molar refractivity (Wildman–Crippen MR) is 84.5 cm³/mol. The Hall–Kier alpha value is -1.46. The molecule has 20 heavy (non-hydrogen) atoms. The second-order valence-corrected chi connectivity index (χ2v) is 6.64. The summed E-state index contributed by atoms with van der Waals surface area (Å²) in [5, 5.41) is 3.57. The third-order valence-corrected chi connectivity index (χ3v) is 4.36. The van der Waals surface area contributed by atoms with Crippen LogP contribution in [0.25, 0.3) is 11.4 Å². The first kappa shape index (κ1) is 14.9. The van der Waals surface area contributed by atoms with Gasteiger partial charge in [0.05, 0.1) is 0 Å². The zero-order chi connectivity index (χ0) is 14.5. The molecule has 0 saturated carbocycles. The SMILES string of the molecule is CC(CNc1cc(Cl)nc(-c2ccccc2)n1)S(C)=O. The number of hydrogen-bond acceptors (Lipinski definition) is 4. The molecule has 6 heteroatoms. The Morgan fingerprint density at radius 2 is 2.00 bits per heavy atom. The highest BCUT2D eigenvalue weighted by Crippen LogP contribution is 2.20. The quantitative estimate of drug-likeness (QED) is 0.863. The van der Waals surface area contributed by atoms with E-state index in [2.05, 4.69) is 15.3 Å². The van der Waals surface area contributed by atoms with Gasteiger partial charge >= 0.3 is 0 Å². The summed E-state index contributed by atoms with van der Waals surface area (Å²) in [5.74, 6) is 1.21. The Balaban J connectivity index is 2.19. The second kappa shape index (κ2) is 6.81. The van der Waals surface area contributed by atoms with Crippen LogP contribution >= 0.6 is 11.6 Å². The van der Waals surface area contributed by atoms with Gasteiger partial charge in [0.15, 0.2) is 5.82 Å². The van der Waals surface area contributed by atoms with Crippen molar-refractivity contribution in [3.05, 3.63) is 41.6 Å². The highest BCUT2D eigenvalue weighted by molar-refractivity contribution is 7.84. The molecule has 0 amide bonds. The van der Waals surface area contributed by atoms with Gasteiger partial charge in [0.2, 0.25) is 0 Å². The van der Waals surface area contributed by atoms with Gasteiger partial charge in [-0.05, 0) is 6.92 Å². The summed E-state index contributed by atoms with van der Waals surface area (Å²) in [6, 6.07) is 11.3. The van der Waals surface area contributed by atoms with E-state index < -0.39 is 10.8 Å². The van der Waals surface area contributed by atoms with Gasteiger partial charge in [-0.2, -0.15) is 0 Å². The molecule has 2 aromatic rings. The van der Waals surface area contributed by atoms with Crippen LogP contribution in [0.5, 0.6) is 0 Å². The molecule has 2 unspecified atom stereocenters. The van der Waals surface area contributed by atoms with Crippen molar-refractivity contribution in [3.63, 3.8) is 0 Å². The van der Waals surface area contributed by atoms with Crippen molar-refractivity contribution in [2.24, 2.45) is 0 Å². The lowest BCUT2D eigenvalue weighted by Crippen LogP contribution is -2.21. The maximum absolute atomic E-state index is 11.3. The minimum absolute atomic E-state index is 0.0453. The molecule has 2 rings (SSSR count). The second-order valence-electron chi connectivity index (χ2n) is 4.46. The topological polar surface area (TPSA) is 54.9 Å². The molecule has 0 bridgehead atoms. The van der Waals surface area contributed by atoms with Crippen LogP contribution in [0.1, 0.15) is 6.92 Å². The molecule has 1 N–H and O–H groups in total. The first-order chi connectivity index (χ1) is 9.56. The Labute approximate surface area is 126 Å². The minimum atomic E-state index is -0.870. The summed E-state index contributed by atoms with van der Waals surface area (Å²) >= 11 is 6.03. The van der Waals surface area contributed by atoms with Gasteiger partial charge < -0.3 is 5.32 Å². The first-order valence-electron chi connectivity index (χ1n) is 6.22. The molecular weight excluding hydrogens is 294 g/mol. The van der Waals surface area contributed by atoms with Crippen LogP contribution in [0.3, 0.4) is 0 Å². The molecule has 0 aliphatic heterocycles. The van der Waals surface area contributed by atoms with Gasteiger partial charge in [-0.15, -0.1) is 0 Å². The zero-order valence-electron chi connectivity index (χ0n) is 11.3. The molecule has 0 fully saturated rings. The highest BCUT2D eigenvalue weighted by Gasteiger charge is 2.09. The molecule has 2 atom stereocenters.